The fourth-order valence-electron chi connectivity index (χ4n) is 2.92. The number of rotatable bonds is 3. The second kappa shape index (κ2) is 6.18. The fraction of sp³-hybridized carbons (Fsp3) is 0.353. The van der Waals surface area contributed by atoms with Crippen LogP contribution in [-0.2, 0) is 4.74 Å². The van der Waals surface area contributed by atoms with E-state index in [9.17, 15) is 9.18 Å². The van der Waals surface area contributed by atoms with Gasteiger partial charge in [-0.3, -0.25) is 4.79 Å². The molecule has 0 aliphatic carbocycles. The predicted molar refractivity (Wildman–Crippen MR) is 86.2 cm³/mol. The SMILES string of the molecule is CC(=O)c1c(F)cccc1N1C[C@H](C)O[C@@H](c2ccsc2)C1. The number of nitrogens with zero attached hydrogens (tertiary/aromatic N) is 1. The molecule has 0 radical (unpaired) electrons. The van der Waals surface area contributed by atoms with Gasteiger partial charge in [-0.15, -0.1) is 0 Å². The number of carbonyl (C=O) groups excluding carboxylic acids is 1. The van der Waals surface area contributed by atoms with Crippen molar-refractivity contribution in [3.63, 3.8) is 0 Å². The standard InChI is InChI=1S/C17H18FNO2S/c1-11-8-19(9-16(21-11)13-6-7-22-10-13)15-5-3-4-14(18)17(15)12(2)20/h3-7,10-11,16H,8-9H2,1-2H3/t11-,16+/m0/s1. The van der Waals surface area contributed by atoms with Crippen LogP contribution in [0.4, 0.5) is 10.1 Å². The molecule has 116 valence electrons. The highest BCUT2D eigenvalue weighted by Gasteiger charge is 2.29. The van der Waals surface area contributed by atoms with E-state index < -0.39 is 5.82 Å². The number of thiophene rings is 1. The van der Waals surface area contributed by atoms with E-state index in [0.717, 1.165) is 5.56 Å². The van der Waals surface area contributed by atoms with Crippen LogP contribution in [0.1, 0.15) is 35.9 Å². The average Bonchev–Trinajstić information content (AvgIpc) is 3.00. The first-order chi connectivity index (χ1) is 10.6. The van der Waals surface area contributed by atoms with Crippen LogP contribution in [0.5, 0.6) is 0 Å². The van der Waals surface area contributed by atoms with Crippen LogP contribution in [-0.4, -0.2) is 25.0 Å². The molecule has 1 aromatic carbocycles. The van der Waals surface area contributed by atoms with Gasteiger partial charge in [0.25, 0.3) is 0 Å². The maximum absolute atomic E-state index is 14.0. The smallest absolute Gasteiger partial charge is 0.164 e. The third kappa shape index (κ3) is 2.91. The Morgan fingerprint density at radius 2 is 2.18 bits per heavy atom. The van der Waals surface area contributed by atoms with E-state index in [1.54, 1.807) is 17.4 Å². The highest BCUT2D eigenvalue weighted by molar-refractivity contribution is 7.07. The van der Waals surface area contributed by atoms with E-state index in [1.165, 1.54) is 13.0 Å². The second-order valence-electron chi connectivity index (χ2n) is 5.59. The van der Waals surface area contributed by atoms with Crippen LogP contribution in [0, 0.1) is 5.82 Å². The summed E-state index contributed by atoms with van der Waals surface area (Å²) in [7, 11) is 0. The first kappa shape index (κ1) is 15.2. The van der Waals surface area contributed by atoms with E-state index in [-0.39, 0.29) is 23.6 Å². The Morgan fingerprint density at radius 3 is 2.86 bits per heavy atom. The average molecular weight is 319 g/mol. The molecule has 1 saturated heterocycles. The largest absolute Gasteiger partial charge is 0.367 e. The molecule has 3 rings (SSSR count). The van der Waals surface area contributed by atoms with Crippen molar-refractivity contribution >= 4 is 22.8 Å². The molecule has 1 aliphatic heterocycles. The molecule has 1 fully saturated rings. The molecule has 1 aromatic heterocycles. The number of morpholine rings is 1. The predicted octanol–water partition coefficient (Wildman–Crippen LogP) is 4.06. The van der Waals surface area contributed by atoms with Crippen molar-refractivity contribution < 1.29 is 13.9 Å². The van der Waals surface area contributed by atoms with Gasteiger partial charge in [0.2, 0.25) is 0 Å². The molecule has 0 saturated carbocycles. The number of carbonyl (C=O) groups is 1. The fourth-order valence-corrected chi connectivity index (χ4v) is 3.62. The van der Waals surface area contributed by atoms with Crippen molar-refractivity contribution in [2.75, 3.05) is 18.0 Å². The number of ether oxygens (including phenoxy) is 1. The van der Waals surface area contributed by atoms with E-state index in [2.05, 4.69) is 10.3 Å². The summed E-state index contributed by atoms with van der Waals surface area (Å²) in [6.45, 7) is 4.66. The van der Waals surface area contributed by atoms with Gasteiger partial charge in [-0.05, 0) is 48.4 Å². The lowest BCUT2D eigenvalue weighted by Gasteiger charge is -2.38. The quantitative estimate of drug-likeness (QED) is 0.799. The van der Waals surface area contributed by atoms with Crippen molar-refractivity contribution in [1.82, 2.24) is 0 Å². The number of hydrogen-bond acceptors (Lipinski definition) is 4. The van der Waals surface area contributed by atoms with Crippen molar-refractivity contribution in [2.45, 2.75) is 26.1 Å². The molecular weight excluding hydrogens is 301 g/mol. The van der Waals surface area contributed by atoms with E-state index >= 15 is 0 Å². The van der Waals surface area contributed by atoms with E-state index in [4.69, 9.17) is 4.74 Å². The van der Waals surface area contributed by atoms with Gasteiger partial charge in [-0.2, -0.15) is 11.3 Å². The zero-order valence-electron chi connectivity index (χ0n) is 12.6. The Kier molecular flexibility index (Phi) is 4.27. The normalized spacial score (nSPS) is 21.9. The molecule has 1 aliphatic rings. The number of halogens is 1. The first-order valence-electron chi connectivity index (χ1n) is 7.28. The van der Waals surface area contributed by atoms with Crippen LogP contribution in [0.25, 0.3) is 0 Å². The zero-order valence-corrected chi connectivity index (χ0v) is 13.4. The summed E-state index contributed by atoms with van der Waals surface area (Å²) in [6.07, 6.45) is -0.0419. The maximum atomic E-state index is 14.0. The maximum Gasteiger partial charge on any atom is 0.164 e. The molecule has 0 unspecified atom stereocenters. The van der Waals surface area contributed by atoms with Crippen LogP contribution < -0.4 is 4.90 Å². The van der Waals surface area contributed by atoms with Crippen molar-refractivity contribution in [3.8, 4) is 0 Å². The summed E-state index contributed by atoms with van der Waals surface area (Å²) in [6, 6.07) is 6.84. The van der Waals surface area contributed by atoms with Crippen LogP contribution in [0.15, 0.2) is 35.0 Å². The topological polar surface area (TPSA) is 29.5 Å². The molecule has 22 heavy (non-hydrogen) atoms. The number of ketones is 1. The molecule has 2 heterocycles. The summed E-state index contributed by atoms with van der Waals surface area (Å²) < 4.78 is 20.0. The summed E-state index contributed by atoms with van der Waals surface area (Å²) in [5, 5.41) is 4.09. The summed E-state index contributed by atoms with van der Waals surface area (Å²) in [5.74, 6) is -0.712. The van der Waals surface area contributed by atoms with Crippen LogP contribution in [0.2, 0.25) is 0 Å². The lowest BCUT2D eigenvalue weighted by Crippen LogP contribution is -2.43. The summed E-state index contributed by atoms with van der Waals surface area (Å²) in [5.41, 5.74) is 1.95. The highest BCUT2D eigenvalue weighted by atomic mass is 32.1. The Hall–Kier alpha value is -1.72. The minimum absolute atomic E-state index is 0.0155. The van der Waals surface area contributed by atoms with Gasteiger partial charge >= 0.3 is 0 Å². The summed E-state index contributed by atoms with van der Waals surface area (Å²) in [4.78, 5) is 13.9. The minimum Gasteiger partial charge on any atom is -0.367 e. The molecule has 0 amide bonds. The van der Waals surface area contributed by atoms with Crippen LogP contribution >= 0.6 is 11.3 Å². The molecule has 0 bridgehead atoms. The van der Waals surface area contributed by atoms with Gasteiger partial charge in [0, 0.05) is 13.1 Å². The van der Waals surface area contributed by atoms with Gasteiger partial charge < -0.3 is 9.64 Å². The second-order valence-corrected chi connectivity index (χ2v) is 6.37. The molecule has 2 atom stereocenters. The van der Waals surface area contributed by atoms with E-state index in [1.807, 2.05) is 24.4 Å². The molecule has 2 aromatic rings. The van der Waals surface area contributed by atoms with Gasteiger partial charge in [0.05, 0.1) is 17.4 Å². The zero-order chi connectivity index (χ0) is 15.7. The Balaban J connectivity index is 1.94. The van der Waals surface area contributed by atoms with E-state index in [0.29, 0.717) is 18.8 Å². The Morgan fingerprint density at radius 1 is 1.36 bits per heavy atom. The molecular formula is C17H18FNO2S. The molecule has 3 nitrogen and oxygen atoms in total. The molecule has 0 N–H and O–H groups in total. The van der Waals surface area contributed by atoms with Crippen molar-refractivity contribution in [3.05, 3.63) is 52.0 Å². The monoisotopic (exact) mass is 319 g/mol. The van der Waals surface area contributed by atoms with Gasteiger partial charge in [0.1, 0.15) is 11.9 Å². The number of hydrogen-bond donors (Lipinski definition) is 0. The van der Waals surface area contributed by atoms with Crippen molar-refractivity contribution in [2.24, 2.45) is 0 Å². The molecule has 0 spiro atoms. The summed E-state index contributed by atoms with van der Waals surface area (Å²) >= 11 is 1.63. The lowest BCUT2D eigenvalue weighted by molar-refractivity contribution is -0.0172. The van der Waals surface area contributed by atoms with Gasteiger partial charge in [-0.1, -0.05) is 6.07 Å². The number of benzene rings is 1. The lowest BCUT2D eigenvalue weighted by atomic mass is 10.0. The van der Waals surface area contributed by atoms with Gasteiger partial charge in [0.15, 0.2) is 5.78 Å². The Labute approximate surface area is 133 Å². The Bertz CT molecular complexity index is 671. The molecule has 5 heteroatoms. The number of Topliss-reactive ketones (excluding diaryl/α,β-unsaturated/α-hetero) is 1. The first-order valence-corrected chi connectivity index (χ1v) is 8.22. The third-order valence-electron chi connectivity index (χ3n) is 3.86. The number of anilines is 1. The third-order valence-corrected chi connectivity index (χ3v) is 4.56. The minimum atomic E-state index is -0.462. The highest BCUT2D eigenvalue weighted by Crippen LogP contribution is 2.32. The van der Waals surface area contributed by atoms with Crippen LogP contribution in [0.3, 0.4) is 0 Å². The van der Waals surface area contributed by atoms with Gasteiger partial charge in [-0.25, -0.2) is 4.39 Å². The van der Waals surface area contributed by atoms with Crippen molar-refractivity contribution in [1.29, 1.82) is 0 Å².